The number of aromatic nitrogens is 6. The fourth-order valence-corrected chi connectivity index (χ4v) is 4.94. The summed E-state index contributed by atoms with van der Waals surface area (Å²) in [6.07, 6.45) is 9.33. The SMILES string of the molecule is CCCCC(=O)Nc1cncc(-c2cc3c(-c4cc5c(-c6ccsc6)nccc5[nH]4)n[nH]c3cn2)c1. The Kier molecular flexibility index (Phi) is 5.74. The van der Waals surface area contributed by atoms with E-state index in [0.29, 0.717) is 12.1 Å². The number of pyridine rings is 3. The first-order valence-corrected chi connectivity index (χ1v) is 12.7. The molecule has 0 aliphatic carbocycles. The van der Waals surface area contributed by atoms with E-state index in [1.165, 1.54) is 0 Å². The lowest BCUT2D eigenvalue weighted by molar-refractivity contribution is -0.116. The van der Waals surface area contributed by atoms with E-state index in [1.54, 1.807) is 29.9 Å². The molecule has 1 amide bonds. The van der Waals surface area contributed by atoms with E-state index in [1.807, 2.05) is 24.4 Å². The first-order valence-electron chi connectivity index (χ1n) is 11.8. The molecule has 0 fully saturated rings. The summed E-state index contributed by atoms with van der Waals surface area (Å²) in [5.41, 5.74) is 7.81. The van der Waals surface area contributed by atoms with E-state index in [4.69, 9.17) is 0 Å². The zero-order valence-corrected chi connectivity index (χ0v) is 20.4. The maximum Gasteiger partial charge on any atom is 0.224 e. The molecule has 9 heteroatoms. The van der Waals surface area contributed by atoms with Crippen LogP contribution in [0.1, 0.15) is 26.2 Å². The molecular weight excluding hydrogens is 470 g/mol. The molecular formula is C27H23N7OS. The molecule has 3 N–H and O–H groups in total. The van der Waals surface area contributed by atoms with Crippen molar-refractivity contribution in [1.29, 1.82) is 0 Å². The van der Waals surface area contributed by atoms with Crippen molar-refractivity contribution in [2.75, 3.05) is 5.32 Å². The number of aromatic amines is 2. The lowest BCUT2D eigenvalue weighted by Crippen LogP contribution is -2.11. The Morgan fingerprint density at radius 2 is 1.92 bits per heavy atom. The third-order valence-corrected chi connectivity index (χ3v) is 6.80. The van der Waals surface area contributed by atoms with Crippen LogP contribution in [0.5, 0.6) is 0 Å². The first kappa shape index (κ1) is 22.1. The van der Waals surface area contributed by atoms with Gasteiger partial charge in [0.2, 0.25) is 5.91 Å². The van der Waals surface area contributed by atoms with E-state index in [9.17, 15) is 4.79 Å². The molecule has 0 atom stereocenters. The summed E-state index contributed by atoms with van der Waals surface area (Å²) in [6, 6.07) is 10.0. The van der Waals surface area contributed by atoms with E-state index in [-0.39, 0.29) is 5.91 Å². The van der Waals surface area contributed by atoms with Crippen molar-refractivity contribution < 1.29 is 4.79 Å². The Bertz CT molecular complexity index is 1680. The number of nitrogens with one attached hydrogen (secondary N) is 3. The standard InChI is InChI=1S/C27H23N7OS/c1-2-3-4-25(35)31-18-9-17(12-28-13-18)22-10-20-24(14-30-22)33-34-27(20)23-11-19-21(32-23)5-7-29-26(19)16-6-8-36-15-16/h5-15,32H,2-4H2,1H3,(H,31,35)(H,33,34). The molecule has 6 rings (SSSR count). The van der Waals surface area contributed by atoms with Gasteiger partial charge < -0.3 is 10.3 Å². The third kappa shape index (κ3) is 4.14. The molecule has 8 nitrogen and oxygen atoms in total. The summed E-state index contributed by atoms with van der Waals surface area (Å²) in [5.74, 6) is -0.00791. The number of anilines is 1. The van der Waals surface area contributed by atoms with Gasteiger partial charge in [-0.15, -0.1) is 0 Å². The monoisotopic (exact) mass is 493 g/mol. The van der Waals surface area contributed by atoms with Gasteiger partial charge >= 0.3 is 0 Å². The second-order valence-corrected chi connectivity index (χ2v) is 9.40. The lowest BCUT2D eigenvalue weighted by atomic mass is 10.1. The molecule has 0 bridgehead atoms. The van der Waals surface area contributed by atoms with Crippen molar-refractivity contribution in [2.45, 2.75) is 26.2 Å². The van der Waals surface area contributed by atoms with Gasteiger partial charge in [-0.05, 0) is 42.1 Å². The Morgan fingerprint density at radius 3 is 2.78 bits per heavy atom. The van der Waals surface area contributed by atoms with E-state index < -0.39 is 0 Å². The van der Waals surface area contributed by atoms with Crippen LogP contribution < -0.4 is 5.32 Å². The molecule has 0 unspecified atom stereocenters. The van der Waals surface area contributed by atoms with Crippen molar-refractivity contribution in [2.24, 2.45) is 0 Å². The maximum atomic E-state index is 12.2. The van der Waals surface area contributed by atoms with Gasteiger partial charge in [-0.1, -0.05) is 13.3 Å². The number of H-pyrrole nitrogens is 2. The van der Waals surface area contributed by atoms with Gasteiger partial charge in [-0.2, -0.15) is 16.4 Å². The lowest BCUT2D eigenvalue weighted by Gasteiger charge is -2.07. The van der Waals surface area contributed by atoms with Gasteiger partial charge in [0, 0.05) is 51.6 Å². The zero-order valence-electron chi connectivity index (χ0n) is 19.6. The molecule has 0 aromatic carbocycles. The largest absolute Gasteiger partial charge is 0.353 e. The number of carbonyl (C=O) groups excluding carboxylic acids is 1. The van der Waals surface area contributed by atoms with Crippen LogP contribution in [-0.4, -0.2) is 36.0 Å². The molecule has 6 aromatic heterocycles. The van der Waals surface area contributed by atoms with Crippen molar-refractivity contribution in [3.63, 3.8) is 0 Å². The van der Waals surface area contributed by atoms with Crippen LogP contribution in [0.25, 0.3) is 55.7 Å². The molecule has 6 aromatic rings. The highest BCUT2D eigenvalue weighted by atomic mass is 32.1. The van der Waals surface area contributed by atoms with Crippen molar-refractivity contribution >= 4 is 44.7 Å². The molecule has 178 valence electrons. The molecule has 0 spiro atoms. The first-order chi connectivity index (χ1) is 17.7. The quantitative estimate of drug-likeness (QED) is 0.237. The van der Waals surface area contributed by atoms with Crippen LogP contribution in [0.15, 0.2) is 65.9 Å². The smallest absolute Gasteiger partial charge is 0.224 e. The predicted octanol–water partition coefficient (Wildman–Crippen LogP) is 6.42. The van der Waals surface area contributed by atoms with Crippen molar-refractivity contribution in [1.82, 2.24) is 30.1 Å². The highest BCUT2D eigenvalue weighted by molar-refractivity contribution is 7.08. The zero-order chi connectivity index (χ0) is 24.5. The maximum absolute atomic E-state index is 12.2. The van der Waals surface area contributed by atoms with Gasteiger partial charge in [-0.3, -0.25) is 24.8 Å². The number of fused-ring (bicyclic) bond motifs is 2. The average Bonchev–Trinajstić information content (AvgIpc) is 3.66. The summed E-state index contributed by atoms with van der Waals surface area (Å²) in [6.45, 7) is 2.07. The molecule has 6 heterocycles. The van der Waals surface area contributed by atoms with Gasteiger partial charge in [0.05, 0.1) is 40.7 Å². The fourth-order valence-electron chi connectivity index (χ4n) is 4.30. The summed E-state index contributed by atoms with van der Waals surface area (Å²) in [7, 11) is 0. The number of nitrogens with zero attached hydrogens (tertiary/aromatic N) is 4. The number of carbonyl (C=O) groups is 1. The van der Waals surface area contributed by atoms with Crippen LogP contribution in [-0.2, 0) is 4.79 Å². The number of thiophene rings is 1. The summed E-state index contributed by atoms with van der Waals surface area (Å²) >= 11 is 1.65. The van der Waals surface area contributed by atoms with Gasteiger partial charge in [0.25, 0.3) is 0 Å². The predicted molar refractivity (Wildman–Crippen MR) is 144 cm³/mol. The number of amides is 1. The third-order valence-electron chi connectivity index (χ3n) is 6.12. The Morgan fingerprint density at radius 1 is 1.00 bits per heavy atom. The fraction of sp³-hybridized carbons (Fsp3) is 0.148. The molecule has 0 aliphatic rings. The number of hydrogen-bond donors (Lipinski definition) is 3. The molecule has 0 saturated carbocycles. The Hall–Kier alpha value is -4.37. The normalized spacial score (nSPS) is 11.4. The highest BCUT2D eigenvalue weighted by Crippen LogP contribution is 2.34. The van der Waals surface area contributed by atoms with Gasteiger partial charge in [-0.25, -0.2) is 0 Å². The van der Waals surface area contributed by atoms with Gasteiger partial charge in [0.15, 0.2) is 0 Å². The molecule has 0 saturated heterocycles. The number of unbranched alkanes of at least 4 members (excludes halogenated alkanes) is 1. The summed E-state index contributed by atoms with van der Waals surface area (Å²) < 4.78 is 0. The minimum Gasteiger partial charge on any atom is -0.353 e. The molecule has 0 radical (unpaired) electrons. The van der Waals surface area contributed by atoms with Crippen molar-refractivity contribution in [3.05, 3.63) is 65.9 Å². The summed E-state index contributed by atoms with van der Waals surface area (Å²) in [4.78, 5) is 29.2. The number of rotatable bonds is 7. The average molecular weight is 494 g/mol. The van der Waals surface area contributed by atoms with Crippen LogP contribution >= 0.6 is 11.3 Å². The van der Waals surface area contributed by atoms with E-state index >= 15 is 0 Å². The van der Waals surface area contributed by atoms with Crippen LogP contribution in [0, 0.1) is 0 Å². The van der Waals surface area contributed by atoms with Crippen molar-refractivity contribution in [3.8, 4) is 33.9 Å². The molecule has 0 aliphatic heterocycles. The summed E-state index contributed by atoms with van der Waals surface area (Å²) in [5, 5.41) is 16.8. The minimum atomic E-state index is -0.00791. The minimum absolute atomic E-state index is 0.00791. The second kappa shape index (κ2) is 9.35. The number of hydrogen-bond acceptors (Lipinski definition) is 6. The van der Waals surface area contributed by atoms with Crippen LogP contribution in [0.4, 0.5) is 5.69 Å². The second-order valence-electron chi connectivity index (χ2n) is 8.62. The van der Waals surface area contributed by atoms with Crippen LogP contribution in [0.2, 0.25) is 0 Å². The highest BCUT2D eigenvalue weighted by Gasteiger charge is 2.16. The van der Waals surface area contributed by atoms with E-state index in [2.05, 4.69) is 65.3 Å². The Balaban J connectivity index is 1.37. The van der Waals surface area contributed by atoms with Crippen LogP contribution in [0.3, 0.4) is 0 Å². The Labute approximate surface area is 210 Å². The van der Waals surface area contributed by atoms with E-state index in [0.717, 1.165) is 68.6 Å². The topological polar surface area (TPSA) is 112 Å². The van der Waals surface area contributed by atoms with Gasteiger partial charge in [0.1, 0.15) is 5.69 Å². The molecule has 36 heavy (non-hydrogen) atoms.